The molecule has 0 unspecified atom stereocenters. The van der Waals surface area contributed by atoms with Crippen molar-refractivity contribution in [1.82, 2.24) is 0 Å². The summed E-state index contributed by atoms with van der Waals surface area (Å²) >= 11 is 0. The van der Waals surface area contributed by atoms with Gasteiger partial charge in [0.05, 0.1) is 0 Å². The van der Waals surface area contributed by atoms with E-state index < -0.39 is 5.60 Å². The van der Waals surface area contributed by atoms with Crippen LogP contribution in [0.4, 0.5) is 0 Å². The topological polar surface area (TPSA) is 66.8 Å². The minimum absolute atomic E-state index is 0.0219. The molecule has 0 aromatic heterocycles. The van der Waals surface area contributed by atoms with Gasteiger partial charge in [-0.15, -0.1) is 0 Å². The van der Waals surface area contributed by atoms with E-state index in [-0.39, 0.29) is 11.5 Å². The number of carbonyl (C=O) groups excluding carboxylic acids is 1. The van der Waals surface area contributed by atoms with Gasteiger partial charge < -0.3 is 14.9 Å². The fourth-order valence-electron chi connectivity index (χ4n) is 3.45. The Labute approximate surface area is 171 Å². The van der Waals surface area contributed by atoms with Gasteiger partial charge in [-0.25, -0.2) is 0 Å². The normalized spacial score (nSPS) is 12.2. The van der Waals surface area contributed by atoms with Crippen LogP contribution in [0.15, 0.2) is 12.1 Å². The molecule has 0 heterocycles. The fourth-order valence-corrected chi connectivity index (χ4v) is 3.45. The molecule has 0 atom stereocenters. The lowest BCUT2D eigenvalue weighted by Gasteiger charge is -2.22. The van der Waals surface area contributed by atoms with E-state index in [9.17, 15) is 15.0 Å². The number of rotatable bonds is 13. The Kier molecular flexibility index (Phi) is 9.84. The maximum Gasteiger partial charge on any atom is 0.293 e. The van der Waals surface area contributed by atoms with Crippen molar-refractivity contribution in [3.8, 4) is 11.5 Å². The van der Waals surface area contributed by atoms with Crippen LogP contribution in [0.1, 0.15) is 97.1 Å². The molecule has 28 heavy (non-hydrogen) atoms. The summed E-state index contributed by atoms with van der Waals surface area (Å²) in [7, 11) is 0. The van der Waals surface area contributed by atoms with E-state index in [1.165, 1.54) is 19.3 Å². The molecule has 0 saturated heterocycles. The molecule has 0 aliphatic heterocycles. The number of hydrogen-bond donors (Lipinski definition) is 2. The minimum Gasteiger partial charge on any atom is -0.504 e. The third kappa shape index (κ3) is 9.48. The van der Waals surface area contributed by atoms with E-state index in [0.717, 1.165) is 49.7 Å². The second kappa shape index (κ2) is 11.3. The van der Waals surface area contributed by atoms with Gasteiger partial charge in [-0.2, -0.15) is 0 Å². The number of carbonyl (C=O) groups is 1. The highest BCUT2D eigenvalue weighted by Crippen LogP contribution is 2.35. The second-order valence-electron chi connectivity index (χ2n) is 9.74. The Morgan fingerprint density at radius 2 is 1.25 bits per heavy atom. The van der Waals surface area contributed by atoms with Crippen molar-refractivity contribution in [2.24, 2.45) is 5.41 Å². The first kappa shape index (κ1) is 24.3. The van der Waals surface area contributed by atoms with Crippen LogP contribution in [0.2, 0.25) is 0 Å². The van der Waals surface area contributed by atoms with Crippen LogP contribution >= 0.6 is 0 Å². The van der Waals surface area contributed by atoms with E-state index in [1.54, 1.807) is 0 Å². The van der Waals surface area contributed by atoms with Gasteiger partial charge in [0.15, 0.2) is 11.5 Å². The van der Waals surface area contributed by atoms with Crippen LogP contribution in [-0.2, 0) is 22.4 Å². The molecule has 2 N–H and O–H groups in total. The Morgan fingerprint density at radius 1 is 0.786 bits per heavy atom. The number of ether oxygens (including phenoxy) is 1. The first-order chi connectivity index (χ1) is 13.1. The zero-order chi connectivity index (χ0) is 21.2. The molecule has 1 rings (SSSR count). The summed E-state index contributed by atoms with van der Waals surface area (Å²) in [5, 5.41) is 20.7. The van der Waals surface area contributed by atoms with Crippen molar-refractivity contribution >= 4 is 6.47 Å². The average Bonchev–Trinajstić information content (AvgIpc) is 2.58. The summed E-state index contributed by atoms with van der Waals surface area (Å²) < 4.78 is 5.05. The van der Waals surface area contributed by atoms with Gasteiger partial charge in [0.2, 0.25) is 0 Å². The van der Waals surface area contributed by atoms with Gasteiger partial charge in [0.25, 0.3) is 6.47 Å². The smallest absolute Gasteiger partial charge is 0.293 e. The molecule has 0 aliphatic carbocycles. The second-order valence-corrected chi connectivity index (χ2v) is 9.74. The predicted molar refractivity (Wildman–Crippen MR) is 115 cm³/mol. The summed E-state index contributed by atoms with van der Waals surface area (Å²) in [6.07, 6.45) is 9.90. The fraction of sp³-hybridized carbons (Fsp3) is 0.708. The van der Waals surface area contributed by atoms with E-state index in [1.807, 2.05) is 26.0 Å². The monoisotopic (exact) mass is 392 g/mol. The van der Waals surface area contributed by atoms with Crippen molar-refractivity contribution in [2.45, 2.75) is 104 Å². The number of unbranched alkanes of at least 4 members (excludes halogenated alkanes) is 4. The minimum atomic E-state index is -0.456. The number of phenols is 2. The summed E-state index contributed by atoms with van der Waals surface area (Å²) in [4.78, 5) is 10.5. The van der Waals surface area contributed by atoms with Gasteiger partial charge in [0, 0.05) is 0 Å². The van der Waals surface area contributed by atoms with Gasteiger partial charge in [-0.05, 0) is 75.3 Å². The standard InChI is InChI=1S/C24H40O4/c1-23(2,3)16-10-7-6-8-12-19-14-15-20(22(27)21(19)26)13-9-11-17-24(4,5)28-18-25/h14-15,18,26-27H,6-13,16-17H2,1-5H3. The van der Waals surface area contributed by atoms with Crippen LogP contribution in [0.25, 0.3) is 0 Å². The molecule has 160 valence electrons. The molecule has 0 aliphatic rings. The zero-order valence-corrected chi connectivity index (χ0v) is 18.5. The van der Waals surface area contributed by atoms with Crippen LogP contribution in [0.3, 0.4) is 0 Å². The SMILES string of the molecule is CC(C)(C)CCCCCCc1ccc(CCCCC(C)(C)OC=O)c(O)c1O. The molecule has 1 aromatic rings. The molecule has 1 aromatic carbocycles. The highest BCUT2D eigenvalue weighted by molar-refractivity contribution is 5.50. The van der Waals surface area contributed by atoms with Crippen molar-refractivity contribution in [2.75, 3.05) is 0 Å². The summed E-state index contributed by atoms with van der Waals surface area (Å²) in [6.45, 7) is 11.1. The lowest BCUT2D eigenvalue weighted by atomic mass is 9.89. The largest absolute Gasteiger partial charge is 0.504 e. The molecule has 0 fully saturated rings. The average molecular weight is 393 g/mol. The zero-order valence-electron chi connectivity index (χ0n) is 18.5. The van der Waals surface area contributed by atoms with Gasteiger partial charge in [0.1, 0.15) is 5.60 Å². The third-order valence-electron chi connectivity index (χ3n) is 5.28. The van der Waals surface area contributed by atoms with Gasteiger partial charge in [-0.1, -0.05) is 52.2 Å². The Morgan fingerprint density at radius 3 is 1.75 bits per heavy atom. The number of aromatic hydroxyl groups is 2. The lowest BCUT2D eigenvalue weighted by Crippen LogP contribution is -2.23. The van der Waals surface area contributed by atoms with Crippen LogP contribution in [-0.4, -0.2) is 22.3 Å². The van der Waals surface area contributed by atoms with E-state index in [0.29, 0.717) is 18.3 Å². The Balaban J connectivity index is 2.40. The van der Waals surface area contributed by atoms with Gasteiger partial charge in [-0.3, -0.25) is 4.79 Å². The molecule has 0 amide bonds. The third-order valence-corrected chi connectivity index (χ3v) is 5.28. The number of phenolic OH excluding ortho intramolecular Hbond substituents is 2. The number of aryl methyl sites for hydroxylation is 2. The molecular formula is C24H40O4. The molecule has 0 radical (unpaired) electrons. The number of benzene rings is 1. The molecule has 4 heteroatoms. The molecule has 0 bridgehead atoms. The van der Waals surface area contributed by atoms with Crippen molar-refractivity contribution < 1.29 is 19.7 Å². The van der Waals surface area contributed by atoms with E-state index in [2.05, 4.69) is 20.8 Å². The lowest BCUT2D eigenvalue weighted by molar-refractivity contribution is -0.140. The van der Waals surface area contributed by atoms with Crippen molar-refractivity contribution in [3.05, 3.63) is 23.3 Å². The quantitative estimate of drug-likeness (QED) is 0.235. The molecule has 0 spiro atoms. The predicted octanol–water partition coefficient (Wildman–Crippen LogP) is 6.30. The summed E-state index contributed by atoms with van der Waals surface area (Å²) in [6, 6.07) is 3.87. The highest BCUT2D eigenvalue weighted by atomic mass is 16.5. The van der Waals surface area contributed by atoms with Crippen LogP contribution < -0.4 is 0 Å². The Bertz CT molecular complexity index is 599. The molecular weight excluding hydrogens is 352 g/mol. The van der Waals surface area contributed by atoms with Crippen LogP contribution in [0, 0.1) is 5.41 Å². The first-order valence-electron chi connectivity index (χ1n) is 10.7. The Hall–Kier alpha value is -1.71. The van der Waals surface area contributed by atoms with E-state index in [4.69, 9.17) is 4.74 Å². The van der Waals surface area contributed by atoms with Gasteiger partial charge >= 0.3 is 0 Å². The van der Waals surface area contributed by atoms with Crippen LogP contribution in [0.5, 0.6) is 11.5 Å². The summed E-state index contributed by atoms with van der Waals surface area (Å²) in [5.41, 5.74) is 1.55. The summed E-state index contributed by atoms with van der Waals surface area (Å²) in [5.74, 6) is 0.0606. The molecule has 0 saturated carbocycles. The van der Waals surface area contributed by atoms with Crippen molar-refractivity contribution in [1.29, 1.82) is 0 Å². The number of hydrogen-bond acceptors (Lipinski definition) is 4. The molecule has 4 nitrogen and oxygen atoms in total. The maximum absolute atomic E-state index is 10.5. The highest BCUT2D eigenvalue weighted by Gasteiger charge is 2.18. The van der Waals surface area contributed by atoms with Crippen molar-refractivity contribution in [3.63, 3.8) is 0 Å². The first-order valence-corrected chi connectivity index (χ1v) is 10.7. The maximum atomic E-state index is 10.5. The van der Waals surface area contributed by atoms with E-state index >= 15 is 0 Å².